The molecule has 0 N–H and O–H groups in total. The van der Waals surface area contributed by atoms with E-state index in [-0.39, 0.29) is 24.4 Å². The molecule has 0 spiro atoms. The fraction of sp³-hybridized carbons (Fsp3) is 0.280. The SMILES string of the molecule is CCN(Cc1ccc(OCc2cccs2)c(OC)c1)C(=O)CCn1nnc2ccccc2c1=O. The van der Waals surface area contributed by atoms with Gasteiger partial charge in [-0.15, -0.1) is 16.4 Å². The number of benzene rings is 2. The number of thiophene rings is 1. The van der Waals surface area contributed by atoms with E-state index in [1.54, 1.807) is 47.6 Å². The standard InChI is InChI=1S/C25H26N4O4S/c1-3-28(24(30)12-13-29-25(31)20-8-4-5-9-21(20)26-27-29)16-18-10-11-22(23(15-18)32-2)33-17-19-7-6-14-34-19/h4-11,14-15H,3,12-13,16-17H2,1-2H3. The molecule has 4 rings (SSSR count). The number of fused-ring (bicyclic) bond motifs is 1. The molecule has 0 bridgehead atoms. The first-order valence-electron chi connectivity index (χ1n) is 11.0. The van der Waals surface area contributed by atoms with Gasteiger partial charge in [0.25, 0.3) is 5.56 Å². The lowest BCUT2D eigenvalue weighted by Gasteiger charge is -2.22. The van der Waals surface area contributed by atoms with Crippen LogP contribution in [-0.2, 0) is 24.5 Å². The third kappa shape index (κ3) is 5.43. The lowest BCUT2D eigenvalue weighted by molar-refractivity contribution is -0.131. The number of hydrogen-bond donors (Lipinski definition) is 0. The van der Waals surface area contributed by atoms with Crippen molar-refractivity contribution in [2.75, 3.05) is 13.7 Å². The number of aryl methyl sites for hydroxylation is 1. The third-order valence-electron chi connectivity index (χ3n) is 5.45. The summed E-state index contributed by atoms with van der Waals surface area (Å²) in [5.74, 6) is 1.21. The molecule has 0 atom stereocenters. The molecule has 34 heavy (non-hydrogen) atoms. The van der Waals surface area contributed by atoms with Gasteiger partial charge in [0, 0.05) is 24.4 Å². The number of hydrogen-bond acceptors (Lipinski definition) is 7. The minimum absolute atomic E-state index is 0.0682. The Labute approximate surface area is 201 Å². The van der Waals surface area contributed by atoms with Crippen LogP contribution >= 0.6 is 11.3 Å². The second kappa shape index (κ2) is 10.9. The van der Waals surface area contributed by atoms with Gasteiger partial charge in [0.2, 0.25) is 5.91 Å². The van der Waals surface area contributed by atoms with E-state index in [2.05, 4.69) is 10.3 Å². The van der Waals surface area contributed by atoms with E-state index in [4.69, 9.17) is 9.47 Å². The molecule has 0 unspecified atom stereocenters. The van der Waals surface area contributed by atoms with E-state index in [0.29, 0.717) is 42.1 Å². The van der Waals surface area contributed by atoms with Gasteiger partial charge < -0.3 is 14.4 Å². The van der Waals surface area contributed by atoms with Gasteiger partial charge in [0.05, 0.1) is 19.0 Å². The van der Waals surface area contributed by atoms with Crippen LogP contribution in [0, 0.1) is 0 Å². The summed E-state index contributed by atoms with van der Waals surface area (Å²) in [5.41, 5.74) is 1.23. The van der Waals surface area contributed by atoms with Gasteiger partial charge >= 0.3 is 0 Å². The summed E-state index contributed by atoms with van der Waals surface area (Å²) in [6, 6.07) is 16.7. The zero-order chi connectivity index (χ0) is 23.9. The molecule has 0 saturated carbocycles. The summed E-state index contributed by atoms with van der Waals surface area (Å²) in [5, 5.41) is 10.5. The normalized spacial score (nSPS) is 10.9. The Bertz CT molecular complexity index is 1320. The van der Waals surface area contributed by atoms with Gasteiger partial charge in [0.1, 0.15) is 12.1 Å². The maximum atomic E-state index is 12.9. The quantitative estimate of drug-likeness (QED) is 0.344. The predicted octanol–water partition coefficient (Wildman–Crippen LogP) is 3.88. The van der Waals surface area contributed by atoms with Crippen molar-refractivity contribution < 1.29 is 14.3 Å². The second-order valence-corrected chi connectivity index (χ2v) is 8.68. The Morgan fingerprint density at radius 1 is 1.12 bits per heavy atom. The molecule has 0 aliphatic rings. The highest BCUT2D eigenvalue weighted by atomic mass is 32.1. The number of carbonyl (C=O) groups excluding carboxylic acids is 1. The van der Waals surface area contributed by atoms with E-state index in [1.165, 1.54) is 4.68 Å². The molecular formula is C25H26N4O4S. The highest BCUT2D eigenvalue weighted by molar-refractivity contribution is 7.09. The van der Waals surface area contributed by atoms with Crippen LogP contribution in [-0.4, -0.2) is 39.5 Å². The van der Waals surface area contributed by atoms with Gasteiger partial charge in [-0.3, -0.25) is 9.59 Å². The summed E-state index contributed by atoms with van der Waals surface area (Å²) in [6.07, 6.45) is 0.153. The van der Waals surface area contributed by atoms with Crippen LogP contribution in [0.3, 0.4) is 0 Å². The fourth-order valence-electron chi connectivity index (χ4n) is 3.60. The number of amides is 1. The zero-order valence-electron chi connectivity index (χ0n) is 19.1. The van der Waals surface area contributed by atoms with Crippen LogP contribution in [0.1, 0.15) is 23.8 Å². The van der Waals surface area contributed by atoms with Crippen molar-refractivity contribution in [2.24, 2.45) is 0 Å². The van der Waals surface area contributed by atoms with E-state index < -0.39 is 0 Å². The van der Waals surface area contributed by atoms with Crippen LogP contribution < -0.4 is 15.0 Å². The Balaban J connectivity index is 1.39. The molecule has 1 amide bonds. The zero-order valence-corrected chi connectivity index (χ0v) is 20.0. The number of rotatable bonds is 10. The first-order valence-corrected chi connectivity index (χ1v) is 11.9. The molecule has 2 aromatic heterocycles. The van der Waals surface area contributed by atoms with Gasteiger partial charge in [-0.25, -0.2) is 4.68 Å². The molecule has 0 aliphatic carbocycles. The molecule has 0 radical (unpaired) electrons. The van der Waals surface area contributed by atoms with Crippen LogP contribution in [0.2, 0.25) is 0 Å². The van der Waals surface area contributed by atoms with E-state index in [0.717, 1.165) is 10.4 Å². The average molecular weight is 479 g/mol. The molecule has 9 heteroatoms. The molecule has 2 heterocycles. The van der Waals surface area contributed by atoms with Gasteiger partial charge in [-0.05, 0) is 48.2 Å². The molecular weight excluding hydrogens is 452 g/mol. The Kier molecular flexibility index (Phi) is 7.54. The van der Waals surface area contributed by atoms with Crippen molar-refractivity contribution in [1.82, 2.24) is 19.9 Å². The minimum Gasteiger partial charge on any atom is -0.493 e. The summed E-state index contributed by atoms with van der Waals surface area (Å²) >= 11 is 1.64. The topological polar surface area (TPSA) is 86.6 Å². The van der Waals surface area contributed by atoms with Crippen LogP contribution in [0.15, 0.2) is 64.8 Å². The molecule has 8 nitrogen and oxygen atoms in total. The van der Waals surface area contributed by atoms with Gasteiger partial charge in [-0.2, -0.15) is 0 Å². The van der Waals surface area contributed by atoms with E-state index in [1.807, 2.05) is 42.6 Å². The van der Waals surface area contributed by atoms with Crippen molar-refractivity contribution in [3.63, 3.8) is 0 Å². The number of nitrogens with zero attached hydrogens (tertiary/aromatic N) is 4. The number of methoxy groups -OCH3 is 1. The van der Waals surface area contributed by atoms with Gasteiger partial charge in [-0.1, -0.05) is 29.5 Å². The van der Waals surface area contributed by atoms with Crippen LogP contribution in [0.4, 0.5) is 0 Å². The largest absolute Gasteiger partial charge is 0.493 e. The maximum Gasteiger partial charge on any atom is 0.277 e. The molecule has 0 aliphatic heterocycles. The van der Waals surface area contributed by atoms with Crippen LogP contribution in [0.25, 0.3) is 10.9 Å². The first kappa shape index (κ1) is 23.4. The summed E-state index contributed by atoms with van der Waals surface area (Å²) in [4.78, 5) is 28.4. The van der Waals surface area contributed by atoms with Crippen molar-refractivity contribution >= 4 is 28.1 Å². The predicted molar refractivity (Wildman–Crippen MR) is 131 cm³/mol. The lowest BCUT2D eigenvalue weighted by atomic mass is 10.1. The second-order valence-electron chi connectivity index (χ2n) is 7.65. The summed E-state index contributed by atoms with van der Waals surface area (Å²) in [7, 11) is 1.60. The smallest absolute Gasteiger partial charge is 0.277 e. The van der Waals surface area contributed by atoms with Crippen molar-refractivity contribution in [2.45, 2.75) is 33.0 Å². The van der Waals surface area contributed by atoms with Crippen LogP contribution in [0.5, 0.6) is 11.5 Å². The van der Waals surface area contributed by atoms with Gasteiger partial charge in [0.15, 0.2) is 11.5 Å². The van der Waals surface area contributed by atoms with E-state index in [9.17, 15) is 9.59 Å². The third-order valence-corrected chi connectivity index (χ3v) is 6.30. The Hall–Kier alpha value is -3.72. The van der Waals surface area contributed by atoms with Crippen molar-refractivity contribution in [1.29, 1.82) is 0 Å². The van der Waals surface area contributed by atoms with Crippen molar-refractivity contribution in [3.8, 4) is 11.5 Å². The molecule has 4 aromatic rings. The highest BCUT2D eigenvalue weighted by Gasteiger charge is 2.15. The summed E-state index contributed by atoms with van der Waals surface area (Å²) < 4.78 is 12.6. The first-order chi connectivity index (χ1) is 16.6. The molecule has 2 aromatic carbocycles. The lowest BCUT2D eigenvalue weighted by Crippen LogP contribution is -2.33. The Morgan fingerprint density at radius 3 is 2.74 bits per heavy atom. The molecule has 0 saturated heterocycles. The highest BCUT2D eigenvalue weighted by Crippen LogP contribution is 2.29. The number of aromatic nitrogens is 3. The summed E-state index contributed by atoms with van der Waals surface area (Å²) in [6.45, 7) is 3.54. The number of ether oxygens (including phenoxy) is 2. The van der Waals surface area contributed by atoms with Crippen molar-refractivity contribution in [3.05, 3.63) is 80.8 Å². The minimum atomic E-state index is -0.246. The average Bonchev–Trinajstić information content (AvgIpc) is 3.39. The van der Waals surface area contributed by atoms with E-state index >= 15 is 0 Å². The molecule has 176 valence electrons. The number of carbonyl (C=O) groups is 1. The monoisotopic (exact) mass is 478 g/mol. The Morgan fingerprint density at radius 2 is 1.97 bits per heavy atom. The molecule has 0 fully saturated rings. The maximum absolute atomic E-state index is 12.9. The fourth-order valence-corrected chi connectivity index (χ4v) is 4.22.